The summed E-state index contributed by atoms with van der Waals surface area (Å²) in [5, 5.41) is 0.624. The van der Waals surface area contributed by atoms with Gasteiger partial charge in [-0.15, -0.1) is 0 Å². The van der Waals surface area contributed by atoms with E-state index in [-0.39, 0.29) is 5.82 Å². The van der Waals surface area contributed by atoms with Gasteiger partial charge < -0.3 is 10.3 Å². The third-order valence-electron chi connectivity index (χ3n) is 2.58. The van der Waals surface area contributed by atoms with Crippen LogP contribution in [0.1, 0.15) is 11.4 Å². The zero-order valence-electron chi connectivity index (χ0n) is 9.09. The number of nitrogens with two attached hydrogens (primary N) is 1. The highest BCUT2D eigenvalue weighted by molar-refractivity contribution is 6.31. The van der Waals surface area contributed by atoms with E-state index >= 15 is 0 Å². The van der Waals surface area contributed by atoms with Crippen molar-refractivity contribution >= 4 is 17.3 Å². The topological polar surface area (TPSA) is 30.9 Å². The van der Waals surface area contributed by atoms with Gasteiger partial charge in [0, 0.05) is 17.1 Å². The predicted molar refractivity (Wildman–Crippen MR) is 64.6 cm³/mol. The second-order valence-electron chi connectivity index (χ2n) is 3.77. The fraction of sp³-hybridized carbons (Fsp3) is 0.167. The Kier molecular flexibility index (Phi) is 2.64. The molecule has 2 aromatic rings. The molecule has 1 aromatic carbocycles. The Bertz CT molecular complexity index is 546. The Hall–Kier alpha value is -1.48. The van der Waals surface area contributed by atoms with Crippen LogP contribution in [0.4, 0.5) is 10.1 Å². The second kappa shape index (κ2) is 3.83. The van der Waals surface area contributed by atoms with Gasteiger partial charge in [0.2, 0.25) is 0 Å². The lowest BCUT2D eigenvalue weighted by atomic mass is 10.2. The van der Waals surface area contributed by atoms with E-state index in [9.17, 15) is 4.39 Å². The van der Waals surface area contributed by atoms with E-state index in [1.807, 2.05) is 13.8 Å². The Labute approximate surface area is 98.4 Å². The second-order valence-corrected chi connectivity index (χ2v) is 4.17. The van der Waals surface area contributed by atoms with E-state index in [4.69, 9.17) is 17.3 Å². The van der Waals surface area contributed by atoms with Crippen molar-refractivity contribution in [3.63, 3.8) is 0 Å². The number of hydrogen-bond donors (Lipinski definition) is 1. The van der Waals surface area contributed by atoms with Gasteiger partial charge in [0.1, 0.15) is 5.82 Å². The Morgan fingerprint density at radius 3 is 2.50 bits per heavy atom. The fourth-order valence-corrected chi connectivity index (χ4v) is 2.04. The quantitative estimate of drug-likeness (QED) is 0.758. The van der Waals surface area contributed by atoms with E-state index in [1.165, 1.54) is 12.1 Å². The van der Waals surface area contributed by atoms with Crippen LogP contribution in [0.25, 0.3) is 5.69 Å². The molecule has 16 heavy (non-hydrogen) atoms. The van der Waals surface area contributed by atoms with Gasteiger partial charge in [-0.05, 0) is 38.1 Å². The molecule has 0 aliphatic carbocycles. The molecule has 4 heteroatoms. The van der Waals surface area contributed by atoms with Crippen LogP contribution in [-0.2, 0) is 0 Å². The highest BCUT2D eigenvalue weighted by atomic mass is 35.5. The largest absolute Gasteiger partial charge is 0.399 e. The van der Waals surface area contributed by atoms with Gasteiger partial charge in [0.05, 0.1) is 10.7 Å². The SMILES string of the molecule is Cc1cc(Cl)c(C)n1-c1cc(N)ccc1F. The van der Waals surface area contributed by atoms with Crippen LogP contribution in [0.2, 0.25) is 5.02 Å². The number of aromatic nitrogens is 1. The molecule has 2 N–H and O–H groups in total. The van der Waals surface area contributed by atoms with Gasteiger partial charge in [-0.1, -0.05) is 11.6 Å². The smallest absolute Gasteiger partial charge is 0.147 e. The maximum absolute atomic E-state index is 13.7. The minimum atomic E-state index is -0.312. The van der Waals surface area contributed by atoms with Gasteiger partial charge in [-0.2, -0.15) is 0 Å². The number of anilines is 1. The van der Waals surface area contributed by atoms with Crippen LogP contribution in [0.5, 0.6) is 0 Å². The summed E-state index contributed by atoms with van der Waals surface area (Å²) in [5.41, 5.74) is 8.31. The molecule has 2 rings (SSSR count). The Morgan fingerprint density at radius 1 is 1.25 bits per heavy atom. The van der Waals surface area contributed by atoms with Gasteiger partial charge in [0.15, 0.2) is 0 Å². The first kappa shape index (κ1) is 11.0. The summed E-state index contributed by atoms with van der Waals surface area (Å²) in [6, 6.07) is 6.30. The number of nitrogen functional groups attached to an aromatic ring is 1. The zero-order chi connectivity index (χ0) is 11.9. The molecule has 0 unspecified atom stereocenters. The molecule has 2 nitrogen and oxygen atoms in total. The minimum Gasteiger partial charge on any atom is -0.399 e. The normalized spacial score (nSPS) is 10.8. The van der Waals surface area contributed by atoms with Crippen molar-refractivity contribution in [3.8, 4) is 5.69 Å². The summed E-state index contributed by atoms with van der Waals surface area (Å²) in [6.45, 7) is 3.72. The monoisotopic (exact) mass is 238 g/mol. The number of halogens is 2. The number of benzene rings is 1. The average molecular weight is 239 g/mol. The van der Waals surface area contributed by atoms with Gasteiger partial charge in [-0.25, -0.2) is 4.39 Å². The third kappa shape index (κ3) is 1.67. The van der Waals surface area contributed by atoms with Crippen LogP contribution in [0, 0.1) is 19.7 Å². The van der Waals surface area contributed by atoms with E-state index in [0.29, 0.717) is 16.4 Å². The van der Waals surface area contributed by atoms with E-state index in [2.05, 4.69) is 0 Å². The molecule has 0 amide bonds. The minimum absolute atomic E-state index is 0.312. The van der Waals surface area contributed by atoms with Crippen molar-refractivity contribution in [2.24, 2.45) is 0 Å². The summed E-state index contributed by atoms with van der Waals surface area (Å²) in [7, 11) is 0. The van der Waals surface area contributed by atoms with Crippen molar-refractivity contribution in [2.75, 3.05) is 5.73 Å². The summed E-state index contributed by atoms with van der Waals surface area (Å²) in [4.78, 5) is 0. The van der Waals surface area contributed by atoms with Crippen molar-refractivity contribution in [3.05, 3.63) is 46.5 Å². The lowest BCUT2D eigenvalue weighted by Gasteiger charge is -2.11. The van der Waals surface area contributed by atoms with E-state index in [0.717, 1.165) is 11.4 Å². The molecule has 1 aromatic heterocycles. The first-order valence-electron chi connectivity index (χ1n) is 4.90. The number of nitrogens with zero attached hydrogens (tertiary/aromatic N) is 1. The third-order valence-corrected chi connectivity index (χ3v) is 2.96. The van der Waals surface area contributed by atoms with Crippen molar-refractivity contribution in [1.82, 2.24) is 4.57 Å². The number of hydrogen-bond acceptors (Lipinski definition) is 1. The lowest BCUT2D eigenvalue weighted by molar-refractivity contribution is 0.616. The van der Waals surface area contributed by atoms with E-state index < -0.39 is 0 Å². The standard InChI is InChI=1S/C12H12ClFN2/c1-7-5-10(13)8(2)16(7)12-6-9(15)3-4-11(12)14/h3-6H,15H2,1-2H3. The molecule has 0 aliphatic heterocycles. The number of aryl methyl sites for hydroxylation is 1. The van der Waals surface area contributed by atoms with Gasteiger partial charge >= 0.3 is 0 Å². The summed E-state index contributed by atoms with van der Waals surface area (Å²) in [6.07, 6.45) is 0. The van der Waals surface area contributed by atoms with Crippen molar-refractivity contribution in [2.45, 2.75) is 13.8 Å². The Morgan fingerprint density at radius 2 is 1.94 bits per heavy atom. The molecular weight excluding hydrogens is 227 g/mol. The maximum atomic E-state index is 13.7. The lowest BCUT2D eigenvalue weighted by Crippen LogP contribution is -2.02. The molecule has 0 radical (unpaired) electrons. The Balaban J connectivity index is 2.71. The maximum Gasteiger partial charge on any atom is 0.147 e. The molecule has 0 fully saturated rings. The first-order valence-corrected chi connectivity index (χ1v) is 5.28. The molecule has 84 valence electrons. The highest BCUT2D eigenvalue weighted by Gasteiger charge is 2.12. The van der Waals surface area contributed by atoms with Crippen molar-refractivity contribution in [1.29, 1.82) is 0 Å². The number of rotatable bonds is 1. The molecular formula is C12H12ClFN2. The highest BCUT2D eigenvalue weighted by Crippen LogP contribution is 2.26. The van der Waals surface area contributed by atoms with Gasteiger partial charge in [0.25, 0.3) is 0 Å². The van der Waals surface area contributed by atoms with Crippen molar-refractivity contribution < 1.29 is 4.39 Å². The molecule has 0 atom stereocenters. The molecule has 0 saturated heterocycles. The molecule has 0 saturated carbocycles. The van der Waals surface area contributed by atoms with E-state index in [1.54, 1.807) is 16.7 Å². The van der Waals surface area contributed by atoms with Crippen LogP contribution < -0.4 is 5.73 Å². The molecule has 0 aliphatic rings. The van der Waals surface area contributed by atoms with Gasteiger partial charge in [-0.3, -0.25) is 0 Å². The molecule has 0 spiro atoms. The summed E-state index contributed by atoms with van der Waals surface area (Å²) >= 11 is 6.00. The van der Waals surface area contributed by atoms with Crippen LogP contribution in [-0.4, -0.2) is 4.57 Å². The van der Waals surface area contributed by atoms with Crippen LogP contribution >= 0.6 is 11.6 Å². The summed E-state index contributed by atoms with van der Waals surface area (Å²) < 4.78 is 15.5. The van der Waals surface area contributed by atoms with Crippen LogP contribution in [0.15, 0.2) is 24.3 Å². The molecule has 0 bridgehead atoms. The first-order chi connectivity index (χ1) is 7.50. The zero-order valence-corrected chi connectivity index (χ0v) is 9.85. The van der Waals surface area contributed by atoms with Crippen LogP contribution in [0.3, 0.4) is 0 Å². The summed E-state index contributed by atoms with van der Waals surface area (Å²) in [5.74, 6) is -0.312. The predicted octanol–water partition coefficient (Wildman–Crippen LogP) is 3.47. The fourth-order valence-electron chi connectivity index (χ4n) is 1.80. The molecule has 1 heterocycles. The average Bonchev–Trinajstić information content (AvgIpc) is 2.46.